The lowest BCUT2D eigenvalue weighted by atomic mass is 10.1. The van der Waals surface area contributed by atoms with Crippen molar-refractivity contribution in [1.29, 1.82) is 0 Å². The third-order valence-electron chi connectivity index (χ3n) is 5.23. The van der Waals surface area contributed by atoms with Crippen molar-refractivity contribution in [2.24, 2.45) is 0 Å². The first-order valence-corrected chi connectivity index (χ1v) is 10.2. The SMILES string of the molecule is O=C1CCN(C(=O)c2coc(-c3ccc(CNC(=O)Cc4ccccc4)cc3)n2)CC1. The Bertz CT molecular complexity index is 1060. The van der Waals surface area contributed by atoms with Gasteiger partial charge in [-0.25, -0.2) is 4.98 Å². The minimum absolute atomic E-state index is 0.0365. The largest absolute Gasteiger partial charge is 0.444 e. The van der Waals surface area contributed by atoms with Gasteiger partial charge in [0.15, 0.2) is 5.69 Å². The monoisotopic (exact) mass is 417 g/mol. The second kappa shape index (κ2) is 9.38. The van der Waals surface area contributed by atoms with Crippen LogP contribution < -0.4 is 5.32 Å². The molecule has 2 heterocycles. The van der Waals surface area contributed by atoms with Crippen LogP contribution >= 0.6 is 0 Å². The zero-order chi connectivity index (χ0) is 21.6. The molecular formula is C24H23N3O4. The topological polar surface area (TPSA) is 92.5 Å². The van der Waals surface area contributed by atoms with E-state index in [2.05, 4.69) is 10.3 Å². The third kappa shape index (κ3) is 5.25. The predicted molar refractivity (Wildman–Crippen MR) is 114 cm³/mol. The Balaban J connectivity index is 1.32. The van der Waals surface area contributed by atoms with Gasteiger partial charge < -0.3 is 14.6 Å². The quantitative estimate of drug-likeness (QED) is 0.666. The minimum Gasteiger partial charge on any atom is -0.444 e. The number of carbonyl (C=O) groups is 3. The number of ketones is 1. The zero-order valence-corrected chi connectivity index (χ0v) is 17.0. The Hall–Kier alpha value is -3.74. The number of aromatic nitrogens is 1. The first kappa shape index (κ1) is 20.5. The molecule has 0 saturated carbocycles. The smallest absolute Gasteiger partial charge is 0.275 e. The molecule has 2 aromatic carbocycles. The highest BCUT2D eigenvalue weighted by Crippen LogP contribution is 2.20. The highest BCUT2D eigenvalue weighted by molar-refractivity contribution is 5.94. The number of hydrogen-bond acceptors (Lipinski definition) is 5. The Morgan fingerprint density at radius 3 is 2.39 bits per heavy atom. The first-order chi connectivity index (χ1) is 15.1. The summed E-state index contributed by atoms with van der Waals surface area (Å²) in [6.45, 7) is 1.27. The Morgan fingerprint density at radius 1 is 0.968 bits per heavy atom. The summed E-state index contributed by atoms with van der Waals surface area (Å²) in [5.74, 6) is 0.281. The average molecular weight is 417 g/mol. The third-order valence-corrected chi connectivity index (χ3v) is 5.23. The Kier molecular flexibility index (Phi) is 6.21. The fourth-order valence-electron chi connectivity index (χ4n) is 3.44. The van der Waals surface area contributed by atoms with Crippen LogP contribution in [0.25, 0.3) is 11.5 Å². The van der Waals surface area contributed by atoms with Crippen molar-refractivity contribution in [2.45, 2.75) is 25.8 Å². The molecule has 1 saturated heterocycles. The van der Waals surface area contributed by atoms with E-state index < -0.39 is 0 Å². The van der Waals surface area contributed by atoms with Gasteiger partial charge in [-0.2, -0.15) is 0 Å². The number of likely N-dealkylation sites (tertiary alicyclic amines) is 1. The van der Waals surface area contributed by atoms with Crippen LogP contribution in [-0.4, -0.2) is 40.6 Å². The lowest BCUT2D eigenvalue weighted by molar-refractivity contribution is -0.121. The van der Waals surface area contributed by atoms with Crippen molar-refractivity contribution in [3.63, 3.8) is 0 Å². The molecule has 4 rings (SSSR count). The van der Waals surface area contributed by atoms with Crippen molar-refractivity contribution < 1.29 is 18.8 Å². The van der Waals surface area contributed by atoms with Crippen LogP contribution in [0.5, 0.6) is 0 Å². The van der Waals surface area contributed by atoms with Crippen LogP contribution in [-0.2, 0) is 22.6 Å². The molecule has 0 radical (unpaired) electrons. The van der Waals surface area contributed by atoms with Crippen molar-refractivity contribution in [3.8, 4) is 11.5 Å². The van der Waals surface area contributed by atoms with Crippen LogP contribution in [0.15, 0.2) is 65.3 Å². The summed E-state index contributed by atoms with van der Waals surface area (Å²) in [4.78, 5) is 41.9. The van der Waals surface area contributed by atoms with Gasteiger partial charge in [-0.05, 0) is 23.3 Å². The predicted octanol–water partition coefficient (Wildman–Crippen LogP) is 3.01. The van der Waals surface area contributed by atoms with Gasteiger partial charge in [0.1, 0.15) is 12.0 Å². The number of rotatable bonds is 6. The standard InChI is InChI=1S/C24H23N3O4/c28-20-10-12-27(13-11-20)24(30)21-16-31-23(26-21)19-8-6-18(7-9-19)15-25-22(29)14-17-4-2-1-3-5-17/h1-9,16H,10-15H2,(H,25,29). The minimum atomic E-state index is -0.222. The van der Waals surface area contributed by atoms with Gasteiger partial charge in [0.05, 0.1) is 6.42 Å². The van der Waals surface area contributed by atoms with E-state index in [4.69, 9.17) is 4.42 Å². The fourth-order valence-corrected chi connectivity index (χ4v) is 3.44. The zero-order valence-electron chi connectivity index (χ0n) is 17.0. The maximum absolute atomic E-state index is 12.5. The molecule has 1 N–H and O–H groups in total. The number of nitrogens with zero attached hydrogens (tertiary/aromatic N) is 2. The van der Waals surface area contributed by atoms with E-state index in [-0.39, 0.29) is 23.3 Å². The maximum atomic E-state index is 12.5. The summed E-state index contributed by atoms with van der Waals surface area (Å²) in [5.41, 5.74) is 2.90. The van der Waals surface area contributed by atoms with Crippen molar-refractivity contribution >= 4 is 17.6 Å². The van der Waals surface area contributed by atoms with Gasteiger partial charge >= 0.3 is 0 Å². The van der Waals surface area contributed by atoms with E-state index in [0.717, 1.165) is 16.7 Å². The van der Waals surface area contributed by atoms with E-state index >= 15 is 0 Å². The average Bonchev–Trinajstić information content (AvgIpc) is 3.29. The molecule has 1 fully saturated rings. The van der Waals surface area contributed by atoms with Crippen LogP contribution in [0, 0.1) is 0 Å². The number of benzene rings is 2. The van der Waals surface area contributed by atoms with E-state index in [1.807, 2.05) is 54.6 Å². The van der Waals surface area contributed by atoms with Crippen molar-refractivity contribution in [2.75, 3.05) is 13.1 Å². The summed E-state index contributed by atoms with van der Waals surface area (Å²) in [7, 11) is 0. The molecule has 0 aliphatic carbocycles. The summed E-state index contributed by atoms with van der Waals surface area (Å²) in [6.07, 6.45) is 2.47. The highest BCUT2D eigenvalue weighted by atomic mass is 16.3. The van der Waals surface area contributed by atoms with Gasteiger partial charge in [0.25, 0.3) is 5.91 Å². The van der Waals surface area contributed by atoms with Crippen LogP contribution in [0.3, 0.4) is 0 Å². The van der Waals surface area contributed by atoms with Gasteiger partial charge in [-0.3, -0.25) is 14.4 Å². The lowest BCUT2D eigenvalue weighted by Gasteiger charge is -2.24. The number of Topliss-reactive ketones (excluding diaryl/α,β-unsaturated/α-hetero) is 1. The molecule has 0 spiro atoms. The molecule has 2 amide bonds. The molecule has 0 bridgehead atoms. The van der Waals surface area contributed by atoms with Gasteiger partial charge in [0, 0.05) is 38.0 Å². The normalized spacial score (nSPS) is 13.8. The fraction of sp³-hybridized carbons (Fsp3) is 0.250. The molecule has 158 valence electrons. The van der Waals surface area contributed by atoms with Crippen molar-refractivity contribution in [1.82, 2.24) is 15.2 Å². The van der Waals surface area contributed by atoms with Crippen molar-refractivity contribution in [3.05, 3.63) is 77.7 Å². The molecule has 7 heteroatoms. The van der Waals surface area contributed by atoms with E-state index in [9.17, 15) is 14.4 Å². The molecule has 31 heavy (non-hydrogen) atoms. The van der Waals surface area contributed by atoms with Crippen LogP contribution in [0.4, 0.5) is 0 Å². The number of carbonyl (C=O) groups excluding carboxylic acids is 3. The first-order valence-electron chi connectivity index (χ1n) is 10.2. The van der Waals surface area contributed by atoms with Crippen LogP contribution in [0.1, 0.15) is 34.5 Å². The Labute approximate surface area is 180 Å². The maximum Gasteiger partial charge on any atom is 0.275 e. The van der Waals surface area contributed by atoms with E-state index in [1.54, 1.807) is 4.90 Å². The Morgan fingerprint density at radius 2 is 1.68 bits per heavy atom. The molecule has 0 unspecified atom stereocenters. The molecule has 7 nitrogen and oxygen atoms in total. The summed E-state index contributed by atoms with van der Waals surface area (Å²) < 4.78 is 5.49. The molecule has 0 atom stereocenters. The van der Waals surface area contributed by atoms with E-state index in [1.165, 1.54) is 6.26 Å². The molecule has 1 aliphatic rings. The summed E-state index contributed by atoms with van der Waals surface area (Å²) in [6, 6.07) is 17.1. The second-order valence-corrected chi connectivity index (χ2v) is 7.50. The van der Waals surface area contributed by atoms with E-state index in [0.29, 0.717) is 44.8 Å². The number of piperidine rings is 1. The number of oxazole rings is 1. The van der Waals surface area contributed by atoms with Gasteiger partial charge in [-0.1, -0.05) is 42.5 Å². The lowest BCUT2D eigenvalue weighted by Crippen LogP contribution is -2.38. The summed E-state index contributed by atoms with van der Waals surface area (Å²) in [5, 5.41) is 2.91. The summed E-state index contributed by atoms with van der Waals surface area (Å²) >= 11 is 0. The number of nitrogens with one attached hydrogen (secondary N) is 1. The molecule has 1 aromatic heterocycles. The molecule has 3 aromatic rings. The molecular weight excluding hydrogens is 394 g/mol. The highest BCUT2D eigenvalue weighted by Gasteiger charge is 2.24. The second-order valence-electron chi connectivity index (χ2n) is 7.50. The van der Waals surface area contributed by atoms with Gasteiger partial charge in [-0.15, -0.1) is 0 Å². The number of hydrogen-bond donors (Lipinski definition) is 1. The van der Waals surface area contributed by atoms with Crippen LogP contribution in [0.2, 0.25) is 0 Å². The molecule has 1 aliphatic heterocycles. The number of amides is 2. The van der Waals surface area contributed by atoms with Gasteiger partial charge in [0.2, 0.25) is 11.8 Å².